The van der Waals surface area contributed by atoms with Gasteiger partial charge in [-0.1, -0.05) is 0 Å². The summed E-state index contributed by atoms with van der Waals surface area (Å²) in [6.07, 6.45) is 4.37. The van der Waals surface area contributed by atoms with Gasteiger partial charge in [0.15, 0.2) is 0 Å². The minimum absolute atomic E-state index is 0.0819. The molecule has 1 unspecified atom stereocenters. The SMILES string of the molecule is NC1(CNC(=O)C2CCSC2)CCC1. The molecule has 0 spiro atoms. The topological polar surface area (TPSA) is 55.1 Å². The van der Waals surface area contributed by atoms with Crippen LogP contribution in [0.2, 0.25) is 0 Å². The van der Waals surface area contributed by atoms with Crippen LogP contribution in [-0.4, -0.2) is 29.5 Å². The number of thioether (sulfide) groups is 1. The molecule has 0 radical (unpaired) electrons. The average molecular weight is 214 g/mol. The van der Waals surface area contributed by atoms with E-state index in [2.05, 4.69) is 5.32 Å². The Bertz CT molecular complexity index is 222. The van der Waals surface area contributed by atoms with Crippen molar-refractivity contribution in [1.82, 2.24) is 5.32 Å². The van der Waals surface area contributed by atoms with Crippen LogP contribution in [0.15, 0.2) is 0 Å². The van der Waals surface area contributed by atoms with Gasteiger partial charge in [0.2, 0.25) is 5.91 Å². The number of carbonyl (C=O) groups excluding carboxylic acids is 1. The number of rotatable bonds is 3. The molecule has 3 N–H and O–H groups in total. The molecule has 0 aromatic heterocycles. The molecule has 4 heteroatoms. The molecular formula is C10H18N2OS. The lowest BCUT2D eigenvalue weighted by Gasteiger charge is -2.38. The van der Waals surface area contributed by atoms with Gasteiger partial charge in [0, 0.05) is 23.8 Å². The fourth-order valence-corrected chi connectivity index (χ4v) is 3.18. The fourth-order valence-electron chi connectivity index (χ4n) is 1.96. The Kier molecular flexibility index (Phi) is 3.02. The molecule has 1 amide bonds. The van der Waals surface area contributed by atoms with Crippen molar-refractivity contribution in [2.75, 3.05) is 18.1 Å². The lowest BCUT2D eigenvalue weighted by atomic mass is 9.77. The summed E-state index contributed by atoms with van der Waals surface area (Å²) in [4.78, 5) is 11.7. The summed E-state index contributed by atoms with van der Waals surface area (Å²) in [5.74, 6) is 2.57. The molecule has 1 atom stereocenters. The second-order valence-electron chi connectivity index (χ2n) is 4.49. The van der Waals surface area contributed by atoms with E-state index in [-0.39, 0.29) is 17.4 Å². The Labute approximate surface area is 89.2 Å². The highest BCUT2D eigenvalue weighted by Gasteiger charge is 2.33. The van der Waals surface area contributed by atoms with Crippen LogP contribution in [0.1, 0.15) is 25.7 Å². The fraction of sp³-hybridized carbons (Fsp3) is 0.900. The molecule has 0 aromatic rings. The lowest BCUT2D eigenvalue weighted by Crippen LogP contribution is -2.55. The summed E-state index contributed by atoms with van der Waals surface area (Å²) in [5, 5.41) is 2.99. The van der Waals surface area contributed by atoms with Gasteiger partial charge in [-0.3, -0.25) is 4.79 Å². The van der Waals surface area contributed by atoms with Crippen LogP contribution in [0.5, 0.6) is 0 Å². The molecule has 3 nitrogen and oxygen atoms in total. The number of carbonyl (C=O) groups is 1. The first-order chi connectivity index (χ1) is 6.70. The van der Waals surface area contributed by atoms with Crippen LogP contribution in [-0.2, 0) is 4.79 Å². The summed E-state index contributed by atoms with van der Waals surface area (Å²) in [6.45, 7) is 0.674. The molecule has 2 rings (SSSR count). The van der Waals surface area contributed by atoms with Crippen molar-refractivity contribution in [3.63, 3.8) is 0 Å². The van der Waals surface area contributed by atoms with Crippen molar-refractivity contribution in [3.05, 3.63) is 0 Å². The molecule has 1 saturated carbocycles. The summed E-state index contributed by atoms with van der Waals surface area (Å²) >= 11 is 1.87. The maximum atomic E-state index is 11.7. The minimum atomic E-state index is -0.0819. The van der Waals surface area contributed by atoms with Crippen LogP contribution in [0.3, 0.4) is 0 Å². The highest BCUT2D eigenvalue weighted by Crippen LogP contribution is 2.28. The van der Waals surface area contributed by atoms with Gasteiger partial charge in [-0.05, 0) is 31.4 Å². The van der Waals surface area contributed by atoms with Gasteiger partial charge < -0.3 is 11.1 Å². The average Bonchev–Trinajstić information content (AvgIpc) is 2.63. The Hall–Kier alpha value is -0.220. The summed E-state index contributed by atoms with van der Waals surface area (Å²) < 4.78 is 0. The zero-order chi connectivity index (χ0) is 10.0. The van der Waals surface area contributed by atoms with E-state index in [4.69, 9.17) is 5.73 Å². The van der Waals surface area contributed by atoms with Gasteiger partial charge >= 0.3 is 0 Å². The summed E-state index contributed by atoms with van der Waals surface area (Å²) in [6, 6.07) is 0. The van der Waals surface area contributed by atoms with Crippen LogP contribution < -0.4 is 11.1 Å². The van der Waals surface area contributed by atoms with Gasteiger partial charge in [-0.15, -0.1) is 0 Å². The Balaban J connectivity index is 1.71. The number of hydrogen-bond acceptors (Lipinski definition) is 3. The second kappa shape index (κ2) is 4.11. The van der Waals surface area contributed by atoms with Gasteiger partial charge in [0.25, 0.3) is 0 Å². The molecule has 1 saturated heterocycles. The summed E-state index contributed by atoms with van der Waals surface area (Å²) in [7, 11) is 0. The van der Waals surface area contributed by atoms with E-state index in [0.29, 0.717) is 6.54 Å². The zero-order valence-electron chi connectivity index (χ0n) is 8.42. The molecule has 2 fully saturated rings. The van der Waals surface area contributed by atoms with Crippen LogP contribution >= 0.6 is 11.8 Å². The quantitative estimate of drug-likeness (QED) is 0.728. The number of nitrogens with one attached hydrogen (secondary N) is 1. The predicted molar refractivity (Wildman–Crippen MR) is 59.2 cm³/mol. The zero-order valence-corrected chi connectivity index (χ0v) is 9.24. The van der Waals surface area contributed by atoms with Crippen LogP contribution in [0, 0.1) is 5.92 Å². The third kappa shape index (κ3) is 2.23. The largest absolute Gasteiger partial charge is 0.354 e. The van der Waals surface area contributed by atoms with E-state index in [1.54, 1.807) is 0 Å². The second-order valence-corrected chi connectivity index (χ2v) is 5.64. The lowest BCUT2D eigenvalue weighted by molar-refractivity contribution is -0.124. The monoisotopic (exact) mass is 214 g/mol. The van der Waals surface area contributed by atoms with E-state index in [0.717, 1.165) is 30.8 Å². The van der Waals surface area contributed by atoms with E-state index in [1.165, 1.54) is 6.42 Å². The Morgan fingerprint density at radius 1 is 1.57 bits per heavy atom. The Morgan fingerprint density at radius 3 is 2.86 bits per heavy atom. The molecule has 1 aliphatic carbocycles. The first-order valence-electron chi connectivity index (χ1n) is 5.34. The third-order valence-electron chi connectivity index (χ3n) is 3.26. The molecular weight excluding hydrogens is 196 g/mol. The molecule has 80 valence electrons. The van der Waals surface area contributed by atoms with Crippen LogP contribution in [0.25, 0.3) is 0 Å². The van der Waals surface area contributed by atoms with Crippen molar-refractivity contribution in [1.29, 1.82) is 0 Å². The van der Waals surface area contributed by atoms with Crippen molar-refractivity contribution in [2.24, 2.45) is 11.7 Å². The highest BCUT2D eigenvalue weighted by atomic mass is 32.2. The van der Waals surface area contributed by atoms with E-state index in [9.17, 15) is 4.79 Å². The predicted octanol–water partition coefficient (Wildman–Crippen LogP) is 0.737. The van der Waals surface area contributed by atoms with Crippen molar-refractivity contribution in [3.8, 4) is 0 Å². The number of hydrogen-bond donors (Lipinski definition) is 2. The number of amides is 1. The Morgan fingerprint density at radius 2 is 2.36 bits per heavy atom. The smallest absolute Gasteiger partial charge is 0.224 e. The first-order valence-corrected chi connectivity index (χ1v) is 6.49. The van der Waals surface area contributed by atoms with E-state index in [1.807, 2.05) is 11.8 Å². The maximum Gasteiger partial charge on any atom is 0.224 e. The maximum absolute atomic E-state index is 11.7. The normalized spacial score (nSPS) is 29.6. The molecule has 1 heterocycles. The standard InChI is InChI=1S/C10H18N2OS/c11-10(3-1-4-10)7-12-9(13)8-2-5-14-6-8/h8H,1-7,11H2,(H,12,13). The van der Waals surface area contributed by atoms with Crippen molar-refractivity contribution >= 4 is 17.7 Å². The number of nitrogens with two attached hydrogens (primary N) is 1. The van der Waals surface area contributed by atoms with Gasteiger partial charge in [0.1, 0.15) is 0 Å². The van der Waals surface area contributed by atoms with Crippen molar-refractivity contribution < 1.29 is 4.79 Å². The van der Waals surface area contributed by atoms with E-state index >= 15 is 0 Å². The van der Waals surface area contributed by atoms with E-state index < -0.39 is 0 Å². The minimum Gasteiger partial charge on any atom is -0.354 e. The van der Waals surface area contributed by atoms with Gasteiger partial charge in [0.05, 0.1) is 0 Å². The molecule has 1 aliphatic heterocycles. The molecule has 0 bridgehead atoms. The van der Waals surface area contributed by atoms with Gasteiger partial charge in [-0.2, -0.15) is 11.8 Å². The highest BCUT2D eigenvalue weighted by molar-refractivity contribution is 7.99. The summed E-state index contributed by atoms with van der Waals surface area (Å²) in [5.41, 5.74) is 5.95. The van der Waals surface area contributed by atoms with Gasteiger partial charge in [-0.25, -0.2) is 0 Å². The first kappa shape index (κ1) is 10.3. The van der Waals surface area contributed by atoms with Crippen LogP contribution in [0.4, 0.5) is 0 Å². The van der Waals surface area contributed by atoms with Crippen molar-refractivity contribution in [2.45, 2.75) is 31.2 Å². The third-order valence-corrected chi connectivity index (χ3v) is 4.43. The molecule has 2 aliphatic rings. The molecule has 0 aromatic carbocycles. The molecule has 14 heavy (non-hydrogen) atoms.